The van der Waals surface area contributed by atoms with Crippen molar-refractivity contribution in [2.24, 2.45) is 0 Å². The number of aliphatic hydroxyl groups excluding tert-OH is 2. The Morgan fingerprint density at radius 1 is 1.00 bits per heavy atom. The molecule has 2 atom stereocenters. The summed E-state index contributed by atoms with van der Waals surface area (Å²) in [5.74, 6) is -2.11. The second-order valence-corrected chi connectivity index (χ2v) is 8.81. The first-order chi connectivity index (χ1) is 20.0. The molecule has 3 aromatic rings. The van der Waals surface area contributed by atoms with E-state index in [9.17, 15) is 43.1 Å². The Bertz CT molecular complexity index is 1340. The van der Waals surface area contributed by atoms with Crippen LogP contribution in [0.1, 0.15) is 5.56 Å². The van der Waals surface area contributed by atoms with E-state index in [0.29, 0.717) is 11.3 Å². The number of nitro benzene ring substituents is 1. The fraction of sp³-hybridized carbons (Fsp3) is 0.259. The third-order valence-corrected chi connectivity index (χ3v) is 5.63. The van der Waals surface area contributed by atoms with Gasteiger partial charge in [0.2, 0.25) is 0 Å². The fourth-order valence-corrected chi connectivity index (χ4v) is 3.57. The summed E-state index contributed by atoms with van der Waals surface area (Å²) in [6.45, 7) is -0.227. The summed E-state index contributed by atoms with van der Waals surface area (Å²) in [7, 11) is 0. The molecule has 42 heavy (non-hydrogen) atoms. The highest BCUT2D eigenvalue weighted by Crippen LogP contribution is 2.26. The first-order valence-corrected chi connectivity index (χ1v) is 12.4. The van der Waals surface area contributed by atoms with E-state index in [1.807, 2.05) is 6.07 Å². The van der Waals surface area contributed by atoms with Crippen molar-refractivity contribution in [3.8, 4) is 5.75 Å². The predicted molar refractivity (Wildman–Crippen MR) is 144 cm³/mol. The highest BCUT2D eigenvalue weighted by atomic mass is 19.4. The lowest BCUT2D eigenvalue weighted by Gasteiger charge is -2.23. The van der Waals surface area contributed by atoms with Crippen molar-refractivity contribution in [3.63, 3.8) is 0 Å². The van der Waals surface area contributed by atoms with E-state index in [1.165, 1.54) is 36.4 Å². The second kappa shape index (κ2) is 14.8. The van der Waals surface area contributed by atoms with Crippen molar-refractivity contribution in [1.29, 1.82) is 0 Å². The largest absolute Gasteiger partial charge is 0.493 e. The summed E-state index contributed by atoms with van der Waals surface area (Å²) in [6.07, 6.45) is -6.11. The van der Waals surface area contributed by atoms with Gasteiger partial charge in [-0.3, -0.25) is 15.4 Å². The van der Waals surface area contributed by atoms with E-state index in [0.717, 1.165) is 12.1 Å². The number of hydroxylamine groups is 1. The van der Waals surface area contributed by atoms with Gasteiger partial charge in [0.25, 0.3) is 5.69 Å². The molecular weight excluding hydrogens is 565 g/mol. The maximum Gasteiger partial charge on any atom is 0.493 e. The highest BCUT2D eigenvalue weighted by molar-refractivity contribution is 6.02. The quantitative estimate of drug-likeness (QED) is 0.182. The van der Waals surface area contributed by atoms with Crippen LogP contribution in [-0.4, -0.2) is 65.2 Å². The van der Waals surface area contributed by atoms with Gasteiger partial charge in [-0.25, -0.2) is 9.59 Å². The number of hydrogen-bond acceptors (Lipinski definition) is 9. The zero-order chi connectivity index (χ0) is 30.7. The van der Waals surface area contributed by atoms with Crippen molar-refractivity contribution in [1.82, 2.24) is 5.32 Å². The topological polar surface area (TPSA) is 163 Å². The number of carbonyl (C=O) groups excluding carboxylic acids is 2. The first-order valence-electron chi connectivity index (χ1n) is 12.4. The minimum Gasteiger partial charge on any atom is -0.491 e. The van der Waals surface area contributed by atoms with Crippen molar-refractivity contribution >= 4 is 29.1 Å². The van der Waals surface area contributed by atoms with Gasteiger partial charge in [-0.1, -0.05) is 42.5 Å². The molecule has 0 aliphatic heterocycles. The minimum atomic E-state index is -5.44. The van der Waals surface area contributed by atoms with Crippen molar-refractivity contribution in [2.75, 3.05) is 30.1 Å². The Hall–Kier alpha value is -4.73. The van der Waals surface area contributed by atoms with Crippen LogP contribution in [0.25, 0.3) is 0 Å². The maximum absolute atomic E-state index is 12.9. The van der Waals surface area contributed by atoms with Gasteiger partial charge in [0.15, 0.2) is 0 Å². The minimum absolute atomic E-state index is 0.00451. The molecule has 12 nitrogen and oxygen atoms in total. The molecule has 0 saturated heterocycles. The van der Waals surface area contributed by atoms with Gasteiger partial charge in [0, 0.05) is 18.7 Å². The van der Waals surface area contributed by atoms with E-state index in [1.54, 1.807) is 24.3 Å². The number of nitro groups is 1. The normalized spacial score (nSPS) is 12.6. The summed E-state index contributed by atoms with van der Waals surface area (Å²) in [6, 6.07) is 17.0. The van der Waals surface area contributed by atoms with Crippen LogP contribution in [0.5, 0.6) is 5.75 Å². The third kappa shape index (κ3) is 9.43. The molecule has 0 bridgehead atoms. The number of nitrogens with one attached hydrogen (secondary N) is 2. The van der Waals surface area contributed by atoms with Crippen molar-refractivity contribution in [3.05, 3.63) is 94.5 Å². The molecular formula is C27H27F3N4O8. The smallest absolute Gasteiger partial charge is 0.491 e. The van der Waals surface area contributed by atoms with E-state index in [2.05, 4.69) is 15.5 Å². The Morgan fingerprint density at radius 3 is 2.26 bits per heavy atom. The number of nitrogens with zero attached hydrogens (tertiary/aromatic N) is 2. The van der Waals surface area contributed by atoms with Crippen LogP contribution < -0.4 is 20.4 Å². The van der Waals surface area contributed by atoms with Crippen LogP contribution in [0.4, 0.5) is 35.0 Å². The summed E-state index contributed by atoms with van der Waals surface area (Å²) < 4.78 is 44.2. The number of benzene rings is 3. The number of halogens is 3. The molecule has 4 N–H and O–H groups in total. The number of ether oxygens (including phenoxy) is 1. The van der Waals surface area contributed by atoms with Crippen LogP contribution in [0, 0.1) is 10.1 Å². The third-order valence-electron chi connectivity index (χ3n) is 5.63. The number of anilines is 2. The number of urea groups is 1. The number of rotatable bonds is 12. The van der Waals surface area contributed by atoms with E-state index < -0.39 is 40.9 Å². The maximum atomic E-state index is 12.9. The summed E-state index contributed by atoms with van der Waals surface area (Å²) >= 11 is 0. The van der Waals surface area contributed by atoms with Crippen LogP contribution in [0.15, 0.2) is 78.9 Å². The molecule has 224 valence electrons. The molecule has 0 radical (unpaired) electrons. The van der Waals surface area contributed by atoms with Gasteiger partial charge < -0.3 is 25.1 Å². The average molecular weight is 593 g/mol. The molecule has 0 saturated carbocycles. The monoisotopic (exact) mass is 592 g/mol. The molecule has 0 spiro atoms. The molecule has 15 heteroatoms. The molecule has 0 aromatic heterocycles. The van der Waals surface area contributed by atoms with Gasteiger partial charge in [0.1, 0.15) is 24.1 Å². The lowest BCUT2D eigenvalue weighted by Crippen LogP contribution is -2.41. The zero-order valence-corrected chi connectivity index (χ0v) is 21.9. The molecule has 2 amide bonds. The van der Waals surface area contributed by atoms with Crippen molar-refractivity contribution < 1.29 is 47.5 Å². The van der Waals surface area contributed by atoms with E-state index in [4.69, 9.17) is 4.74 Å². The standard InChI is InChI=1S/C27H27F3N4O8/c28-27(29,30)25(37)42-33(26(38)32-23-8-4-5-9-24(23)34(39)40)20-12-10-18(11-13-20)14-19(16-35)31-15-21(36)17-41-22-6-2-1-3-7-22/h1-13,19,21,31,35-36H,14-17H2,(H,32,38)/t19-,21-/m0/s1. The number of alkyl halides is 3. The highest BCUT2D eigenvalue weighted by Gasteiger charge is 2.44. The van der Waals surface area contributed by atoms with Crippen LogP contribution in [0.3, 0.4) is 0 Å². The molecule has 0 fully saturated rings. The summed E-state index contributed by atoms with van der Waals surface area (Å²) in [5.41, 5.74) is -0.607. The van der Waals surface area contributed by atoms with Gasteiger partial charge in [-0.05, 0) is 42.3 Å². The molecule has 3 rings (SSSR count). The zero-order valence-electron chi connectivity index (χ0n) is 21.9. The lowest BCUT2D eigenvalue weighted by molar-refractivity contribution is -0.383. The predicted octanol–water partition coefficient (Wildman–Crippen LogP) is 3.59. The van der Waals surface area contributed by atoms with Gasteiger partial charge in [-0.15, -0.1) is 5.06 Å². The SMILES string of the molecule is O=C(Nc1ccccc1[N+](=O)[O-])N(OC(=O)C(F)(F)F)c1ccc(C[C@@H](CO)NC[C@H](O)COc2ccccc2)cc1. The number of carbonyl (C=O) groups is 2. The van der Waals surface area contributed by atoms with Crippen LogP contribution in [0.2, 0.25) is 0 Å². The molecule has 0 heterocycles. The number of aliphatic hydroxyl groups is 2. The second-order valence-electron chi connectivity index (χ2n) is 8.81. The Balaban J connectivity index is 1.67. The van der Waals surface area contributed by atoms with Gasteiger partial charge in [0.05, 0.1) is 17.2 Å². The number of amides is 2. The average Bonchev–Trinajstić information content (AvgIpc) is 2.97. The first kappa shape index (κ1) is 31.8. The van der Waals surface area contributed by atoms with Gasteiger partial charge >= 0.3 is 18.2 Å². The molecule has 0 unspecified atom stereocenters. The van der Waals surface area contributed by atoms with Crippen molar-refractivity contribution in [2.45, 2.75) is 24.7 Å². The summed E-state index contributed by atoms with van der Waals surface area (Å²) in [4.78, 5) is 39.1. The summed E-state index contributed by atoms with van der Waals surface area (Å²) in [5, 5.41) is 36.3. The molecule has 0 aliphatic rings. The number of para-hydroxylation sites is 3. The number of hydrogen-bond donors (Lipinski definition) is 4. The van der Waals surface area contributed by atoms with Crippen LogP contribution in [-0.2, 0) is 16.1 Å². The Morgan fingerprint density at radius 2 is 1.64 bits per heavy atom. The Kier molecular flexibility index (Phi) is 11.2. The van der Waals surface area contributed by atoms with Crippen LogP contribution >= 0.6 is 0 Å². The van der Waals surface area contributed by atoms with E-state index >= 15 is 0 Å². The lowest BCUT2D eigenvalue weighted by atomic mass is 10.1. The molecule has 3 aromatic carbocycles. The Labute approximate surface area is 237 Å². The molecule has 0 aliphatic carbocycles. The van der Waals surface area contributed by atoms with E-state index in [-0.39, 0.29) is 42.6 Å². The van der Waals surface area contributed by atoms with Gasteiger partial charge in [-0.2, -0.15) is 13.2 Å². The fourth-order valence-electron chi connectivity index (χ4n) is 3.57.